The van der Waals surface area contributed by atoms with Gasteiger partial charge in [-0.25, -0.2) is 9.98 Å². The predicted octanol–water partition coefficient (Wildman–Crippen LogP) is 16.0. The maximum Gasteiger partial charge on any atom is 0.124 e. The molecule has 2 aromatic carbocycles. The highest BCUT2D eigenvalue weighted by atomic mass is 16.5. The van der Waals surface area contributed by atoms with Gasteiger partial charge in [-0.2, -0.15) is 0 Å². The van der Waals surface area contributed by atoms with E-state index in [0.29, 0.717) is 35.8 Å². The van der Waals surface area contributed by atoms with E-state index >= 15 is 0 Å². The first-order chi connectivity index (χ1) is 28.6. The molecule has 0 heterocycles. The number of benzene rings is 2. The van der Waals surface area contributed by atoms with E-state index in [-0.39, 0.29) is 24.6 Å². The van der Waals surface area contributed by atoms with Crippen molar-refractivity contribution in [1.82, 2.24) is 0 Å². The molecule has 2 aromatic rings. The molecule has 0 aliphatic carbocycles. The lowest BCUT2D eigenvalue weighted by Crippen LogP contribution is -1.97. The van der Waals surface area contributed by atoms with Gasteiger partial charge in [0, 0.05) is 23.3 Å². The number of phenols is 2. The molecule has 0 fully saturated rings. The minimum atomic E-state index is 0.161. The Labute approximate surface area is 356 Å². The standard InChI is InChI=1S/C52H86N2O4/c1-3-5-7-9-11-13-15-17-19-21-23-25-27-29-31-33-41-57-49-37-35-47(51(55)43-49)45-53-39-40-54-46-48-36-38-50(44-52(48)56)58-42-34-32-30-28-26-24-22-20-18-16-14-12-10-8-6-4-2/h35-38,43-44,55-56H,3-34,41-42,45-46H2,1-2H3. The fraction of sp³-hybridized carbons (Fsp3) is 0.731. The summed E-state index contributed by atoms with van der Waals surface area (Å²) in [4.78, 5) is 8.41. The van der Waals surface area contributed by atoms with E-state index in [1.54, 1.807) is 12.1 Å². The zero-order valence-corrected chi connectivity index (χ0v) is 37.5. The van der Waals surface area contributed by atoms with E-state index in [1.165, 1.54) is 193 Å². The Morgan fingerprint density at radius 3 is 0.897 bits per heavy atom. The first-order valence-electron chi connectivity index (χ1n) is 24.4. The fourth-order valence-electron chi connectivity index (χ4n) is 7.53. The molecule has 0 aromatic heterocycles. The van der Waals surface area contributed by atoms with Crippen molar-refractivity contribution in [3.8, 4) is 23.0 Å². The van der Waals surface area contributed by atoms with Crippen LogP contribution >= 0.6 is 0 Å². The van der Waals surface area contributed by atoms with Crippen molar-refractivity contribution >= 4 is 11.7 Å². The largest absolute Gasteiger partial charge is 0.507 e. The van der Waals surface area contributed by atoms with Crippen molar-refractivity contribution in [1.29, 1.82) is 0 Å². The van der Waals surface area contributed by atoms with Crippen LogP contribution in [0.15, 0.2) is 46.4 Å². The van der Waals surface area contributed by atoms with Crippen molar-refractivity contribution < 1.29 is 19.7 Å². The average molecular weight is 803 g/mol. The summed E-state index contributed by atoms with van der Waals surface area (Å²) in [7, 11) is 0. The van der Waals surface area contributed by atoms with E-state index in [4.69, 9.17) is 9.47 Å². The quantitative estimate of drug-likeness (QED) is 0.0519. The van der Waals surface area contributed by atoms with E-state index in [2.05, 4.69) is 35.6 Å². The van der Waals surface area contributed by atoms with Crippen molar-refractivity contribution in [2.24, 2.45) is 9.98 Å². The van der Waals surface area contributed by atoms with Crippen LogP contribution < -0.4 is 9.47 Å². The summed E-state index contributed by atoms with van der Waals surface area (Å²) < 4.78 is 11.8. The van der Waals surface area contributed by atoms with Crippen molar-refractivity contribution in [2.75, 3.05) is 13.2 Å². The molecular weight excluding hydrogens is 717 g/mol. The van der Waals surface area contributed by atoms with Gasteiger partial charge in [-0.05, 0) is 37.1 Å². The normalized spacial score (nSPS) is 11.0. The Morgan fingerprint density at radius 2 is 0.638 bits per heavy atom. The van der Waals surface area contributed by atoms with Gasteiger partial charge < -0.3 is 19.7 Å². The first-order valence-corrected chi connectivity index (χ1v) is 24.4. The molecule has 0 unspecified atom stereocenters. The highest BCUT2D eigenvalue weighted by Crippen LogP contribution is 2.26. The number of phenolic OH excluding ortho intramolecular Hbond substituents is 2. The van der Waals surface area contributed by atoms with Gasteiger partial charge >= 0.3 is 0 Å². The van der Waals surface area contributed by atoms with Crippen LogP contribution in [-0.4, -0.2) is 35.2 Å². The van der Waals surface area contributed by atoms with Crippen LogP contribution in [0.5, 0.6) is 23.0 Å². The molecule has 0 spiro atoms. The maximum absolute atomic E-state index is 10.5. The van der Waals surface area contributed by atoms with Gasteiger partial charge in [-0.1, -0.05) is 206 Å². The number of aromatic hydroxyl groups is 2. The molecule has 6 heteroatoms. The molecule has 328 valence electrons. The molecule has 0 aliphatic heterocycles. The number of rotatable bonds is 40. The Hall–Kier alpha value is -3.20. The lowest BCUT2D eigenvalue weighted by molar-refractivity contribution is 0.302. The highest BCUT2D eigenvalue weighted by molar-refractivity contribution is 5.88. The van der Waals surface area contributed by atoms with Gasteiger partial charge in [-0.15, -0.1) is 0 Å². The van der Waals surface area contributed by atoms with Crippen LogP contribution in [0.4, 0.5) is 0 Å². The lowest BCUT2D eigenvalue weighted by Gasteiger charge is -2.08. The van der Waals surface area contributed by atoms with E-state index in [9.17, 15) is 10.2 Å². The van der Waals surface area contributed by atoms with Crippen LogP contribution in [0.25, 0.3) is 0 Å². The van der Waals surface area contributed by atoms with Gasteiger partial charge in [0.05, 0.1) is 38.0 Å². The monoisotopic (exact) mass is 803 g/mol. The van der Waals surface area contributed by atoms with E-state index < -0.39 is 0 Å². The van der Waals surface area contributed by atoms with Crippen molar-refractivity contribution in [2.45, 2.75) is 232 Å². The number of ether oxygens (including phenoxy) is 2. The van der Waals surface area contributed by atoms with Crippen LogP contribution in [0.3, 0.4) is 0 Å². The number of hydrogen-bond donors (Lipinski definition) is 2. The van der Waals surface area contributed by atoms with Crippen LogP contribution in [0.1, 0.15) is 230 Å². The Kier molecular flexibility index (Phi) is 33.4. The van der Waals surface area contributed by atoms with Gasteiger partial charge in [0.2, 0.25) is 0 Å². The number of hydrogen-bond acceptors (Lipinski definition) is 6. The summed E-state index contributed by atoms with van der Waals surface area (Å²) >= 11 is 0. The van der Waals surface area contributed by atoms with Gasteiger partial charge in [0.1, 0.15) is 23.0 Å². The lowest BCUT2D eigenvalue weighted by atomic mass is 10.0. The summed E-state index contributed by atoms with van der Waals surface area (Å²) in [6, 6.07) is 10.8. The Bertz CT molecular complexity index is 1250. The second kappa shape index (κ2) is 38.0. The summed E-state index contributed by atoms with van der Waals surface area (Å²) in [5, 5.41) is 20.9. The summed E-state index contributed by atoms with van der Waals surface area (Å²) in [5.74, 6) is 7.08. The zero-order chi connectivity index (χ0) is 41.4. The highest BCUT2D eigenvalue weighted by Gasteiger charge is 2.05. The number of unbranched alkanes of at least 4 members (excludes halogenated alkanes) is 30. The fourth-order valence-corrected chi connectivity index (χ4v) is 7.53. The molecule has 0 saturated heterocycles. The maximum atomic E-state index is 10.5. The van der Waals surface area contributed by atoms with Gasteiger partial charge in [0.15, 0.2) is 0 Å². The summed E-state index contributed by atoms with van der Waals surface area (Å²) in [6.07, 6.45) is 43.2. The molecule has 0 bridgehead atoms. The average Bonchev–Trinajstić information content (AvgIpc) is 3.22. The smallest absolute Gasteiger partial charge is 0.124 e. The minimum Gasteiger partial charge on any atom is -0.507 e. The molecular formula is C52H86N2O4. The number of aliphatic imine (C=N–C) groups is 2. The second-order valence-corrected chi connectivity index (χ2v) is 16.7. The molecule has 0 aliphatic rings. The summed E-state index contributed by atoms with van der Waals surface area (Å²) in [5.41, 5.74) is 1.38. The Morgan fingerprint density at radius 1 is 0.379 bits per heavy atom. The molecule has 0 amide bonds. The predicted molar refractivity (Wildman–Crippen MR) is 249 cm³/mol. The van der Waals surface area contributed by atoms with Crippen LogP contribution in [0.2, 0.25) is 0 Å². The molecule has 0 saturated carbocycles. The van der Waals surface area contributed by atoms with Crippen LogP contribution in [-0.2, 0) is 13.1 Å². The third-order valence-corrected chi connectivity index (χ3v) is 11.4. The van der Waals surface area contributed by atoms with Crippen molar-refractivity contribution in [3.63, 3.8) is 0 Å². The summed E-state index contributed by atoms with van der Waals surface area (Å²) in [6.45, 7) is 6.44. The van der Waals surface area contributed by atoms with Crippen LogP contribution in [0, 0.1) is 0 Å². The topological polar surface area (TPSA) is 83.6 Å². The number of nitrogens with zero attached hydrogens (tertiary/aromatic N) is 2. The van der Waals surface area contributed by atoms with E-state index in [0.717, 1.165) is 12.8 Å². The molecule has 2 rings (SSSR count). The SMILES string of the molecule is CCCCCCCCCCCCCCCCCCOc1ccc(CN=C=C=NCc2ccc(OCCCCCCCCCCCCCCCCCC)cc2O)c(O)c1. The third kappa shape index (κ3) is 29.1. The molecule has 2 N–H and O–H groups in total. The molecule has 0 radical (unpaired) electrons. The molecule has 0 atom stereocenters. The van der Waals surface area contributed by atoms with Crippen molar-refractivity contribution in [3.05, 3.63) is 47.5 Å². The Balaban J connectivity index is 1.46. The minimum absolute atomic E-state index is 0.161. The molecule has 6 nitrogen and oxygen atoms in total. The van der Waals surface area contributed by atoms with Gasteiger partial charge in [-0.3, -0.25) is 0 Å². The third-order valence-electron chi connectivity index (χ3n) is 11.4. The molecule has 58 heavy (non-hydrogen) atoms. The van der Waals surface area contributed by atoms with Gasteiger partial charge in [0.25, 0.3) is 0 Å². The second-order valence-electron chi connectivity index (χ2n) is 16.7. The van der Waals surface area contributed by atoms with E-state index in [1.807, 2.05) is 24.3 Å². The zero-order valence-electron chi connectivity index (χ0n) is 37.5. The first kappa shape index (κ1) is 50.9.